The summed E-state index contributed by atoms with van der Waals surface area (Å²) in [4.78, 5) is 0. The van der Waals surface area contributed by atoms with Crippen molar-refractivity contribution in [2.75, 3.05) is 6.61 Å². The van der Waals surface area contributed by atoms with E-state index in [0.717, 1.165) is 0 Å². The van der Waals surface area contributed by atoms with Crippen LogP contribution in [-0.2, 0) is 9.47 Å². The molecule has 0 unspecified atom stereocenters. The van der Waals surface area contributed by atoms with E-state index in [1.807, 2.05) is 0 Å². The molecule has 2 rings (SSSR count). The van der Waals surface area contributed by atoms with Crippen molar-refractivity contribution in [3.8, 4) is 0 Å². The van der Waals surface area contributed by atoms with E-state index in [-0.39, 0.29) is 12.8 Å². The number of hydrogen-bond acceptors (Lipinski definition) is 9. The number of aliphatic hydroxyl groups is 7. The molecule has 1 heterocycles. The quantitative estimate of drug-likeness (QED) is 0.267. The van der Waals surface area contributed by atoms with E-state index in [1.54, 1.807) is 13.8 Å². The van der Waals surface area contributed by atoms with Crippen molar-refractivity contribution in [1.82, 2.24) is 0 Å². The van der Waals surface area contributed by atoms with Crippen LogP contribution in [0.2, 0.25) is 0 Å². The van der Waals surface area contributed by atoms with E-state index in [2.05, 4.69) is 0 Å². The SMILES string of the molecule is C[C@H](O)C=C[C@@]1(O)C(C)(C)C[C@H](O[C@@H]2O[C@H](CO)[C@@H](O)[C@H](O)[C@H]2O)C[C@@]1(C)O. The third-order valence-electron chi connectivity index (χ3n) is 6.01. The predicted octanol–water partition coefficient (Wildman–Crippen LogP) is -1.59. The lowest BCUT2D eigenvalue weighted by Gasteiger charge is -2.56. The first kappa shape index (κ1) is 23.7. The van der Waals surface area contributed by atoms with Crippen molar-refractivity contribution < 1.29 is 45.2 Å². The molecule has 1 saturated carbocycles. The fraction of sp³-hybridized carbons (Fsp3) is 0.895. The zero-order chi connectivity index (χ0) is 21.5. The van der Waals surface area contributed by atoms with E-state index in [9.17, 15) is 35.7 Å². The molecule has 0 amide bonds. The first-order valence-electron chi connectivity index (χ1n) is 9.54. The fourth-order valence-electron chi connectivity index (χ4n) is 4.27. The molecule has 9 atom stereocenters. The van der Waals surface area contributed by atoms with Gasteiger partial charge in [-0.1, -0.05) is 26.0 Å². The summed E-state index contributed by atoms with van der Waals surface area (Å²) in [5.41, 5.74) is -4.15. The van der Waals surface area contributed by atoms with Gasteiger partial charge in [-0.05, 0) is 20.3 Å². The second-order valence-corrected chi connectivity index (χ2v) is 8.89. The average Bonchev–Trinajstić information content (AvgIpc) is 2.57. The molecule has 1 saturated heterocycles. The van der Waals surface area contributed by atoms with Crippen LogP contribution in [0.25, 0.3) is 0 Å². The summed E-state index contributed by atoms with van der Waals surface area (Å²) in [5, 5.41) is 71.0. The molecule has 28 heavy (non-hydrogen) atoms. The Balaban J connectivity index is 2.20. The Labute approximate surface area is 164 Å². The van der Waals surface area contributed by atoms with Crippen LogP contribution in [0.4, 0.5) is 0 Å². The maximum absolute atomic E-state index is 11.2. The van der Waals surface area contributed by atoms with Gasteiger partial charge in [0, 0.05) is 11.8 Å². The Kier molecular flexibility index (Phi) is 6.97. The lowest BCUT2D eigenvalue weighted by Crippen LogP contribution is -2.66. The molecule has 0 aromatic carbocycles. The summed E-state index contributed by atoms with van der Waals surface area (Å²) in [5.74, 6) is 0. The minimum Gasteiger partial charge on any atom is -0.394 e. The van der Waals surface area contributed by atoms with Crippen LogP contribution >= 0.6 is 0 Å². The molecule has 2 fully saturated rings. The summed E-state index contributed by atoms with van der Waals surface area (Å²) in [6.07, 6.45) is -5.34. The van der Waals surface area contributed by atoms with Gasteiger partial charge in [-0.3, -0.25) is 0 Å². The average molecular weight is 406 g/mol. The van der Waals surface area contributed by atoms with Gasteiger partial charge in [0.2, 0.25) is 0 Å². The molecule has 1 aliphatic carbocycles. The number of ether oxygens (including phenoxy) is 2. The van der Waals surface area contributed by atoms with E-state index in [0.29, 0.717) is 0 Å². The molecule has 9 nitrogen and oxygen atoms in total. The van der Waals surface area contributed by atoms with E-state index in [1.165, 1.54) is 26.0 Å². The largest absolute Gasteiger partial charge is 0.394 e. The minimum absolute atomic E-state index is 0.00784. The summed E-state index contributed by atoms with van der Waals surface area (Å²) >= 11 is 0. The van der Waals surface area contributed by atoms with Crippen LogP contribution in [0.5, 0.6) is 0 Å². The zero-order valence-electron chi connectivity index (χ0n) is 16.8. The van der Waals surface area contributed by atoms with Crippen LogP contribution in [0, 0.1) is 5.41 Å². The Bertz CT molecular complexity index is 540. The highest BCUT2D eigenvalue weighted by molar-refractivity contribution is 5.21. The standard InChI is InChI=1S/C19H34O9/c1-10(21)5-6-19(26)17(2,3)7-11(8-18(19,4)25)27-16-15(24)14(23)13(22)12(9-20)28-16/h5-6,10-16,20-26H,7-9H2,1-4H3/t10-,11-,12+,13+,14-,15+,16+,18+,19+/m0/s1. The van der Waals surface area contributed by atoms with Crippen molar-refractivity contribution in [2.24, 2.45) is 5.41 Å². The van der Waals surface area contributed by atoms with E-state index < -0.39 is 66.1 Å². The van der Waals surface area contributed by atoms with Crippen LogP contribution in [0.1, 0.15) is 40.5 Å². The van der Waals surface area contributed by atoms with Gasteiger partial charge < -0.3 is 45.2 Å². The molecular weight excluding hydrogens is 372 g/mol. The Morgan fingerprint density at radius 1 is 1.07 bits per heavy atom. The molecule has 0 bridgehead atoms. The van der Waals surface area contributed by atoms with Gasteiger partial charge in [0.05, 0.1) is 24.4 Å². The molecule has 0 radical (unpaired) electrons. The molecule has 0 aromatic heterocycles. The van der Waals surface area contributed by atoms with Gasteiger partial charge in [0.15, 0.2) is 6.29 Å². The van der Waals surface area contributed by atoms with Crippen LogP contribution in [0.3, 0.4) is 0 Å². The first-order chi connectivity index (χ1) is 12.8. The second-order valence-electron chi connectivity index (χ2n) is 8.89. The van der Waals surface area contributed by atoms with Crippen molar-refractivity contribution >= 4 is 0 Å². The van der Waals surface area contributed by atoms with Crippen molar-refractivity contribution in [3.05, 3.63) is 12.2 Å². The van der Waals surface area contributed by atoms with Gasteiger partial charge in [-0.15, -0.1) is 0 Å². The number of hydrogen-bond donors (Lipinski definition) is 7. The minimum atomic E-state index is -1.65. The molecule has 7 N–H and O–H groups in total. The van der Waals surface area contributed by atoms with E-state index >= 15 is 0 Å². The fourth-order valence-corrected chi connectivity index (χ4v) is 4.27. The van der Waals surface area contributed by atoms with Crippen LogP contribution < -0.4 is 0 Å². The van der Waals surface area contributed by atoms with E-state index in [4.69, 9.17) is 9.47 Å². The Morgan fingerprint density at radius 2 is 1.68 bits per heavy atom. The highest BCUT2D eigenvalue weighted by Gasteiger charge is 2.59. The van der Waals surface area contributed by atoms with Gasteiger partial charge in [-0.25, -0.2) is 0 Å². The number of rotatable bonds is 5. The zero-order valence-corrected chi connectivity index (χ0v) is 16.8. The van der Waals surface area contributed by atoms with Gasteiger partial charge in [0.25, 0.3) is 0 Å². The molecule has 164 valence electrons. The Hall–Kier alpha value is -0.620. The van der Waals surface area contributed by atoms with Crippen LogP contribution in [-0.4, -0.2) is 96.5 Å². The summed E-state index contributed by atoms with van der Waals surface area (Å²) in [6, 6.07) is 0. The van der Waals surface area contributed by atoms with Crippen molar-refractivity contribution in [1.29, 1.82) is 0 Å². The third kappa shape index (κ3) is 4.28. The highest BCUT2D eigenvalue weighted by atomic mass is 16.7. The first-order valence-corrected chi connectivity index (χ1v) is 9.54. The summed E-state index contributed by atoms with van der Waals surface area (Å²) in [6.45, 7) is 5.93. The molecule has 2 aliphatic rings. The topological polar surface area (TPSA) is 160 Å². The highest BCUT2D eigenvalue weighted by Crippen LogP contribution is 2.51. The Morgan fingerprint density at radius 3 is 2.18 bits per heavy atom. The van der Waals surface area contributed by atoms with Crippen molar-refractivity contribution in [2.45, 2.75) is 94.7 Å². The normalized spacial score (nSPS) is 48.0. The van der Waals surface area contributed by atoms with Crippen LogP contribution in [0.15, 0.2) is 12.2 Å². The third-order valence-corrected chi connectivity index (χ3v) is 6.01. The van der Waals surface area contributed by atoms with Crippen molar-refractivity contribution in [3.63, 3.8) is 0 Å². The van der Waals surface area contributed by atoms with Gasteiger partial charge in [0.1, 0.15) is 30.0 Å². The molecular formula is C19H34O9. The lowest BCUT2D eigenvalue weighted by molar-refractivity contribution is -0.326. The maximum Gasteiger partial charge on any atom is 0.186 e. The molecule has 9 heteroatoms. The smallest absolute Gasteiger partial charge is 0.186 e. The summed E-state index contributed by atoms with van der Waals surface area (Å²) in [7, 11) is 0. The number of aliphatic hydroxyl groups excluding tert-OH is 5. The molecule has 0 aromatic rings. The predicted molar refractivity (Wildman–Crippen MR) is 98.0 cm³/mol. The molecule has 1 aliphatic heterocycles. The second kappa shape index (κ2) is 8.25. The van der Waals surface area contributed by atoms with Gasteiger partial charge in [-0.2, -0.15) is 0 Å². The maximum atomic E-state index is 11.2. The summed E-state index contributed by atoms with van der Waals surface area (Å²) < 4.78 is 11.2. The van der Waals surface area contributed by atoms with Gasteiger partial charge >= 0.3 is 0 Å². The monoisotopic (exact) mass is 406 g/mol. The lowest BCUT2D eigenvalue weighted by atomic mass is 9.57. The molecule has 0 spiro atoms.